The third-order valence-corrected chi connectivity index (χ3v) is 1.08. The quantitative estimate of drug-likeness (QED) is 0.451. The van der Waals surface area contributed by atoms with Gasteiger partial charge in [-0.25, -0.2) is 4.99 Å². The highest BCUT2D eigenvalue weighted by atomic mass is 32.1. The number of amidine groups is 1. The highest BCUT2D eigenvalue weighted by Crippen LogP contribution is 1.98. The van der Waals surface area contributed by atoms with Crippen molar-refractivity contribution >= 4 is 18.7 Å². The summed E-state index contributed by atoms with van der Waals surface area (Å²) in [7, 11) is 0. The van der Waals surface area contributed by atoms with Crippen LogP contribution in [0.15, 0.2) is 17.3 Å². The van der Waals surface area contributed by atoms with Gasteiger partial charge in [-0.1, -0.05) is 12.8 Å². The molecular weight excluding hydrogens is 122 g/mol. The fourth-order valence-corrected chi connectivity index (χ4v) is 0.546. The molecule has 0 unspecified atom stereocenters. The minimum atomic E-state index is 0.547. The van der Waals surface area contributed by atoms with Crippen molar-refractivity contribution in [2.45, 2.75) is 0 Å². The van der Waals surface area contributed by atoms with Crippen molar-refractivity contribution in [3.63, 3.8) is 0 Å². The smallest absolute Gasteiger partial charge is 0.122 e. The van der Waals surface area contributed by atoms with Crippen LogP contribution in [-0.4, -0.2) is 16.8 Å². The first-order valence-electron chi connectivity index (χ1n) is 2.22. The van der Waals surface area contributed by atoms with Crippen LogP contribution in [-0.2, 0) is 0 Å². The van der Waals surface area contributed by atoms with Gasteiger partial charge in [-0.05, 0) is 6.08 Å². The molecule has 0 bridgehead atoms. The number of thiol groups is 1. The van der Waals surface area contributed by atoms with Crippen LogP contribution >= 0.6 is 12.8 Å². The molecule has 1 aliphatic rings. The number of rotatable bonds is 0. The molecular formula is C4H7N3S. The molecule has 0 fully saturated rings. The van der Waals surface area contributed by atoms with E-state index >= 15 is 0 Å². The molecule has 0 amide bonds. The van der Waals surface area contributed by atoms with Crippen molar-refractivity contribution < 1.29 is 0 Å². The zero-order chi connectivity index (χ0) is 5.98. The predicted octanol–water partition coefficient (Wildman–Crippen LogP) is -0.0248. The van der Waals surface area contributed by atoms with E-state index < -0.39 is 0 Å². The molecule has 4 heteroatoms. The van der Waals surface area contributed by atoms with Crippen LogP contribution in [0, 0.1) is 0 Å². The molecule has 0 saturated carbocycles. The van der Waals surface area contributed by atoms with E-state index in [9.17, 15) is 0 Å². The molecule has 1 heterocycles. The van der Waals surface area contributed by atoms with Gasteiger partial charge in [-0.15, -0.1) is 0 Å². The molecule has 0 spiro atoms. The van der Waals surface area contributed by atoms with Gasteiger partial charge in [0.2, 0.25) is 0 Å². The molecule has 0 aromatic heterocycles. The molecule has 0 aliphatic carbocycles. The lowest BCUT2D eigenvalue weighted by Crippen LogP contribution is -2.18. The highest BCUT2D eigenvalue weighted by molar-refractivity contribution is 7.77. The topological polar surface area (TPSA) is 41.6 Å². The molecule has 1 aliphatic heterocycles. The standard InChI is InChI=1S/C4H7N3S/c5-4-1-2-7(8)3-6-4/h1-2,8H,3H2,(H2,5,6). The second-order valence-corrected chi connectivity index (χ2v) is 1.99. The zero-order valence-corrected chi connectivity index (χ0v) is 5.18. The Hall–Kier alpha value is -0.640. The first-order valence-corrected chi connectivity index (χ1v) is 2.62. The van der Waals surface area contributed by atoms with Crippen LogP contribution in [0.2, 0.25) is 0 Å². The number of aliphatic imine (C=N–C) groups is 1. The van der Waals surface area contributed by atoms with Crippen LogP contribution < -0.4 is 5.73 Å². The molecule has 44 valence electrons. The summed E-state index contributed by atoms with van der Waals surface area (Å²) in [5, 5.41) is 0. The van der Waals surface area contributed by atoms with Crippen LogP contribution in [0.25, 0.3) is 0 Å². The van der Waals surface area contributed by atoms with Gasteiger partial charge in [-0.2, -0.15) is 0 Å². The average Bonchev–Trinajstić information content (AvgIpc) is 1.77. The molecule has 0 saturated heterocycles. The van der Waals surface area contributed by atoms with Crippen LogP contribution in [0.5, 0.6) is 0 Å². The second kappa shape index (κ2) is 2.09. The minimum absolute atomic E-state index is 0.547. The number of nitrogens with two attached hydrogens (primary N) is 1. The Labute approximate surface area is 53.4 Å². The summed E-state index contributed by atoms with van der Waals surface area (Å²) in [6.07, 6.45) is 3.47. The number of hydrogen-bond acceptors (Lipinski definition) is 4. The van der Waals surface area contributed by atoms with Gasteiger partial charge >= 0.3 is 0 Å². The summed E-state index contributed by atoms with van der Waals surface area (Å²) >= 11 is 3.99. The molecule has 0 radical (unpaired) electrons. The van der Waals surface area contributed by atoms with Gasteiger partial charge in [0, 0.05) is 6.20 Å². The van der Waals surface area contributed by atoms with E-state index in [4.69, 9.17) is 5.73 Å². The van der Waals surface area contributed by atoms with E-state index in [1.54, 1.807) is 16.6 Å². The van der Waals surface area contributed by atoms with E-state index in [2.05, 4.69) is 17.8 Å². The van der Waals surface area contributed by atoms with E-state index in [0.717, 1.165) is 0 Å². The molecule has 1 rings (SSSR count). The highest BCUT2D eigenvalue weighted by Gasteiger charge is 1.95. The van der Waals surface area contributed by atoms with Crippen molar-refractivity contribution in [2.75, 3.05) is 6.67 Å². The van der Waals surface area contributed by atoms with Gasteiger partial charge in [0.25, 0.3) is 0 Å². The van der Waals surface area contributed by atoms with Crippen molar-refractivity contribution in [1.82, 2.24) is 4.31 Å². The third-order valence-electron chi connectivity index (χ3n) is 0.816. The van der Waals surface area contributed by atoms with E-state index in [1.807, 2.05) is 0 Å². The Morgan fingerprint density at radius 2 is 2.62 bits per heavy atom. The van der Waals surface area contributed by atoms with Gasteiger partial charge < -0.3 is 10.0 Å². The lowest BCUT2D eigenvalue weighted by molar-refractivity contribution is 0.641. The Morgan fingerprint density at radius 3 is 3.00 bits per heavy atom. The fraction of sp³-hybridized carbons (Fsp3) is 0.250. The monoisotopic (exact) mass is 129 g/mol. The van der Waals surface area contributed by atoms with E-state index in [-0.39, 0.29) is 0 Å². The molecule has 0 aromatic rings. The average molecular weight is 129 g/mol. The molecule has 2 N–H and O–H groups in total. The molecule has 0 aromatic carbocycles. The van der Waals surface area contributed by atoms with Crippen molar-refractivity contribution in [1.29, 1.82) is 0 Å². The summed E-state index contributed by atoms with van der Waals surface area (Å²) in [4.78, 5) is 3.87. The molecule has 8 heavy (non-hydrogen) atoms. The van der Waals surface area contributed by atoms with Gasteiger partial charge in [0.05, 0.1) is 0 Å². The maximum absolute atomic E-state index is 5.30. The lowest BCUT2D eigenvalue weighted by atomic mass is 10.5. The summed E-state index contributed by atoms with van der Waals surface area (Å²) in [5.74, 6) is 0.565. The predicted molar refractivity (Wildman–Crippen MR) is 36.5 cm³/mol. The maximum atomic E-state index is 5.30. The van der Waals surface area contributed by atoms with Crippen molar-refractivity contribution in [2.24, 2.45) is 10.7 Å². The Kier molecular flexibility index (Phi) is 1.43. The van der Waals surface area contributed by atoms with Gasteiger partial charge in [0.15, 0.2) is 0 Å². The molecule has 0 atom stereocenters. The summed E-state index contributed by atoms with van der Waals surface area (Å²) in [6, 6.07) is 0. The zero-order valence-electron chi connectivity index (χ0n) is 4.28. The SMILES string of the molecule is NC1=NCN(S)C=C1. The lowest BCUT2D eigenvalue weighted by Gasteiger charge is -2.11. The van der Waals surface area contributed by atoms with Crippen molar-refractivity contribution in [3.05, 3.63) is 12.3 Å². The summed E-state index contributed by atoms with van der Waals surface area (Å²) in [5.41, 5.74) is 5.30. The van der Waals surface area contributed by atoms with E-state index in [1.165, 1.54) is 0 Å². The number of hydrogen-bond donors (Lipinski definition) is 2. The van der Waals surface area contributed by atoms with Crippen LogP contribution in [0.3, 0.4) is 0 Å². The Bertz CT molecular complexity index is 140. The number of nitrogens with zero attached hydrogens (tertiary/aromatic N) is 2. The molecule has 3 nitrogen and oxygen atoms in total. The summed E-state index contributed by atoms with van der Waals surface area (Å²) in [6.45, 7) is 0.547. The van der Waals surface area contributed by atoms with Crippen molar-refractivity contribution in [3.8, 4) is 0 Å². The Balaban J connectivity index is 2.58. The first kappa shape index (κ1) is 5.50. The minimum Gasteiger partial charge on any atom is -0.384 e. The Morgan fingerprint density at radius 1 is 1.88 bits per heavy atom. The largest absolute Gasteiger partial charge is 0.384 e. The fourth-order valence-electron chi connectivity index (χ4n) is 0.416. The summed E-state index contributed by atoms with van der Waals surface area (Å²) < 4.78 is 1.65. The second-order valence-electron chi connectivity index (χ2n) is 1.48. The third kappa shape index (κ3) is 1.16. The normalized spacial score (nSPS) is 18.6. The maximum Gasteiger partial charge on any atom is 0.122 e. The first-order chi connectivity index (χ1) is 3.79. The van der Waals surface area contributed by atoms with Crippen LogP contribution in [0.4, 0.5) is 0 Å². The van der Waals surface area contributed by atoms with Gasteiger partial charge in [0.1, 0.15) is 12.5 Å². The van der Waals surface area contributed by atoms with Crippen LogP contribution in [0.1, 0.15) is 0 Å². The van der Waals surface area contributed by atoms with E-state index in [0.29, 0.717) is 12.5 Å². The van der Waals surface area contributed by atoms with Gasteiger partial charge in [-0.3, -0.25) is 0 Å².